The van der Waals surface area contributed by atoms with Crippen LogP contribution >= 0.6 is 11.6 Å². The van der Waals surface area contributed by atoms with Crippen LogP contribution in [0.4, 0.5) is 10.5 Å². The molecule has 0 aromatic heterocycles. The van der Waals surface area contributed by atoms with Crippen molar-refractivity contribution in [2.75, 3.05) is 11.9 Å². The van der Waals surface area contributed by atoms with Gasteiger partial charge in [-0.1, -0.05) is 31.5 Å². The molecule has 1 aromatic rings. The summed E-state index contributed by atoms with van der Waals surface area (Å²) >= 11 is 5.80. The zero-order chi connectivity index (χ0) is 12.0. The second kappa shape index (κ2) is 6.38. The number of anilines is 1. The van der Waals surface area contributed by atoms with E-state index in [2.05, 4.69) is 24.5 Å². The maximum atomic E-state index is 11.4. The summed E-state index contributed by atoms with van der Waals surface area (Å²) in [5.41, 5.74) is 0.703. The van der Waals surface area contributed by atoms with Gasteiger partial charge in [-0.3, -0.25) is 0 Å². The molecule has 1 aromatic carbocycles. The van der Waals surface area contributed by atoms with Crippen molar-refractivity contribution in [2.45, 2.75) is 20.3 Å². The zero-order valence-corrected chi connectivity index (χ0v) is 10.3. The molecular formula is C12H17ClN2O. The van der Waals surface area contributed by atoms with Crippen LogP contribution in [0.25, 0.3) is 0 Å². The molecular weight excluding hydrogens is 224 g/mol. The fourth-order valence-electron chi connectivity index (χ4n) is 1.22. The first-order valence-electron chi connectivity index (χ1n) is 5.38. The Kier molecular flexibility index (Phi) is 5.12. The minimum Gasteiger partial charge on any atom is -0.338 e. The minimum atomic E-state index is -0.192. The number of carbonyl (C=O) groups excluding carboxylic acids is 1. The molecule has 2 N–H and O–H groups in total. The van der Waals surface area contributed by atoms with Gasteiger partial charge in [-0.15, -0.1) is 0 Å². The minimum absolute atomic E-state index is 0.192. The fraction of sp³-hybridized carbons (Fsp3) is 0.417. The van der Waals surface area contributed by atoms with Gasteiger partial charge in [0.05, 0.1) is 0 Å². The third-order valence-electron chi connectivity index (χ3n) is 2.09. The van der Waals surface area contributed by atoms with Gasteiger partial charge in [0.2, 0.25) is 0 Å². The van der Waals surface area contributed by atoms with E-state index < -0.39 is 0 Å². The first-order valence-corrected chi connectivity index (χ1v) is 5.76. The molecule has 0 saturated heterocycles. The normalized spacial score (nSPS) is 10.2. The summed E-state index contributed by atoms with van der Waals surface area (Å²) in [7, 11) is 0. The van der Waals surface area contributed by atoms with Gasteiger partial charge in [-0.05, 0) is 30.5 Å². The summed E-state index contributed by atoms with van der Waals surface area (Å²) in [6.07, 6.45) is 0.975. The standard InChI is InChI=1S/C12H17ClN2O/c1-9(2)6-7-14-12(16)15-11-5-3-4-10(13)8-11/h3-5,8-9H,6-7H2,1-2H3,(H2,14,15,16). The van der Waals surface area contributed by atoms with Crippen molar-refractivity contribution in [3.05, 3.63) is 29.3 Å². The highest BCUT2D eigenvalue weighted by molar-refractivity contribution is 6.30. The van der Waals surface area contributed by atoms with Gasteiger partial charge < -0.3 is 10.6 Å². The molecule has 0 saturated carbocycles. The predicted octanol–water partition coefficient (Wildman–Crippen LogP) is 3.51. The Bertz CT molecular complexity index is 353. The highest BCUT2D eigenvalue weighted by Gasteiger charge is 2.01. The predicted molar refractivity (Wildman–Crippen MR) is 67.9 cm³/mol. The van der Waals surface area contributed by atoms with E-state index in [0.717, 1.165) is 6.42 Å². The van der Waals surface area contributed by atoms with Crippen molar-refractivity contribution in [3.8, 4) is 0 Å². The number of benzene rings is 1. The molecule has 0 radical (unpaired) electrons. The quantitative estimate of drug-likeness (QED) is 0.831. The summed E-state index contributed by atoms with van der Waals surface area (Å²) in [6.45, 7) is 4.93. The van der Waals surface area contributed by atoms with Gasteiger partial charge in [-0.25, -0.2) is 4.79 Å². The lowest BCUT2D eigenvalue weighted by molar-refractivity contribution is 0.251. The molecule has 0 heterocycles. The van der Waals surface area contributed by atoms with E-state index in [1.54, 1.807) is 24.3 Å². The molecule has 0 spiro atoms. The van der Waals surface area contributed by atoms with Crippen molar-refractivity contribution in [3.63, 3.8) is 0 Å². The number of rotatable bonds is 4. The Balaban J connectivity index is 2.34. The maximum Gasteiger partial charge on any atom is 0.319 e. The van der Waals surface area contributed by atoms with Crippen LogP contribution in [0.1, 0.15) is 20.3 Å². The molecule has 2 amide bonds. The summed E-state index contributed by atoms with van der Waals surface area (Å²) in [5, 5.41) is 6.12. The highest BCUT2D eigenvalue weighted by atomic mass is 35.5. The molecule has 4 heteroatoms. The Morgan fingerprint density at radius 1 is 1.44 bits per heavy atom. The Morgan fingerprint density at radius 2 is 2.19 bits per heavy atom. The van der Waals surface area contributed by atoms with Crippen LogP contribution in [-0.2, 0) is 0 Å². The van der Waals surface area contributed by atoms with E-state index in [-0.39, 0.29) is 6.03 Å². The number of carbonyl (C=O) groups is 1. The van der Waals surface area contributed by atoms with E-state index in [0.29, 0.717) is 23.2 Å². The number of hydrogen-bond acceptors (Lipinski definition) is 1. The lowest BCUT2D eigenvalue weighted by Crippen LogP contribution is -2.30. The number of hydrogen-bond donors (Lipinski definition) is 2. The van der Waals surface area contributed by atoms with Gasteiger partial charge in [0.15, 0.2) is 0 Å². The van der Waals surface area contributed by atoms with Crippen LogP contribution < -0.4 is 10.6 Å². The average Bonchev–Trinajstić information content (AvgIpc) is 2.16. The summed E-state index contributed by atoms with van der Waals surface area (Å²) < 4.78 is 0. The van der Waals surface area contributed by atoms with Crippen molar-refractivity contribution < 1.29 is 4.79 Å². The molecule has 16 heavy (non-hydrogen) atoms. The second-order valence-corrected chi connectivity index (χ2v) is 4.51. The fourth-order valence-corrected chi connectivity index (χ4v) is 1.41. The smallest absolute Gasteiger partial charge is 0.319 e. The van der Waals surface area contributed by atoms with Crippen LogP contribution in [0.3, 0.4) is 0 Å². The molecule has 0 aliphatic rings. The topological polar surface area (TPSA) is 41.1 Å². The van der Waals surface area contributed by atoms with E-state index in [1.165, 1.54) is 0 Å². The van der Waals surface area contributed by atoms with E-state index in [9.17, 15) is 4.79 Å². The first kappa shape index (κ1) is 12.8. The highest BCUT2D eigenvalue weighted by Crippen LogP contribution is 2.14. The van der Waals surface area contributed by atoms with Gasteiger partial charge >= 0.3 is 6.03 Å². The van der Waals surface area contributed by atoms with E-state index in [4.69, 9.17) is 11.6 Å². The van der Waals surface area contributed by atoms with Crippen molar-refractivity contribution in [1.82, 2.24) is 5.32 Å². The largest absolute Gasteiger partial charge is 0.338 e. The molecule has 0 fully saturated rings. The van der Waals surface area contributed by atoms with Crippen LogP contribution in [0.15, 0.2) is 24.3 Å². The van der Waals surface area contributed by atoms with Crippen LogP contribution in [0.2, 0.25) is 5.02 Å². The number of urea groups is 1. The Hall–Kier alpha value is -1.22. The SMILES string of the molecule is CC(C)CCNC(=O)Nc1cccc(Cl)c1. The third kappa shape index (κ3) is 5.03. The van der Waals surface area contributed by atoms with E-state index in [1.807, 2.05) is 0 Å². The van der Waals surface area contributed by atoms with Crippen molar-refractivity contribution >= 4 is 23.3 Å². The Morgan fingerprint density at radius 3 is 2.81 bits per heavy atom. The van der Waals surface area contributed by atoms with Crippen molar-refractivity contribution in [2.24, 2.45) is 5.92 Å². The summed E-state index contributed by atoms with van der Waals surface area (Å²) in [4.78, 5) is 11.4. The first-order chi connectivity index (χ1) is 7.58. The van der Waals surface area contributed by atoms with Crippen LogP contribution in [0.5, 0.6) is 0 Å². The van der Waals surface area contributed by atoms with Gasteiger partial charge in [0.1, 0.15) is 0 Å². The lowest BCUT2D eigenvalue weighted by Gasteiger charge is -2.08. The molecule has 3 nitrogen and oxygen atoms in total. The lowest BCUT2D eigenvalue weighted by atomic mass is 10.1. The summed E-state index contributed by atoms with van der Waals surface area (Å²) in [5.74, 6) is 0.589. The van der Waals surface area contributed by atoms with E-state index >= 15 is 0 Å². The summed E-state index contributed by atoms with van der Waals surface area (Å²) in [6, 6.07) is 6.88. The third-order valence-corrected chi connectivity index (χ3v) is 2.32. The average molecular weight is 241 g/mol. The van der Waals surface area contributed by atoms with Crippen LogP contribution in [-0.4, -0.2) is 12.6 Å². The number of nitrogens with one attached hydrogen (secondary N) is 2. The van der Waals surface area contributed by atoms with Gasteiger partial charge in [0.25, 0.3) is 0 Å². The zero-order valence-electron chi connectivity index (χ0n) is 9.59. The number of amides is 2. The monoisotopic (exact) mass is 240 g/mol. The Labute approximate surface area is 101 Å². The molecule has 88 valence electrons. The molecule has 0 bridgehead atoms. The maximum absolute atomic E-state index is 11.4. The molecule has 0 atom stereocenters. The van der Waals surface area contributed by atoms with Gasteiger partial charge in [-0.2, -0.15) is 0 Å². The van der Waals surface area contributed by atoms with Crippen molar-refractivity contribution in [1.29, 1.82) is 0 Å². The van der Waals surface area contributed by atoms with Crippen LogP contribution in [0, 0.1) is 5.92 Å². The van der Waals surface area contributed by atoms with Gasteiger partial charge in [0, 0.05) is 17.3 Å². The molecule has 0 aliphatic carbocycles. The molecule has 1 rings (SSSR count). The number of halogens is 1. The molecule has 0 unspecified atom stereocenters. The molecule has 0 aliphatic heterocycles. The second-order valence-electron chi connectivity index (χ2n) is 4.07.